The van der Waals surface area contributed by atoms with E-state index < -0.39 is 0 Å². The third-order valence-corrected chi connectivity index (χ3v) is 4.76. The summed E-state index contributed by atoms with van der Waals surface area (Å²) in [6.45, 7) is 5.57. The predicted molar refractivity (Wildman–Crippen MR) is 84.8 cm³/mol. The summed E-state index contributed by atoms with van der Waals surface area (Å²) in [7, 11) is 0. The van der Waals surface area contributed by atoms with Crippen molar-refractivity contribution < 1.29 is 9.53 Å². The molecule has 22 heavy (non-hydrogen) atoms. The van der Waals surface area contributed by atoms with Crippen molar-refractivity contribution in [2.75, 3.05) is 26.2 Å². The molecule has 1 amide bonds. The smallest absolute Gasteiger partial charge is 0.237 e. The highest BCUT2D eigenvalue weighted by molar-refractivity contribution is 5.82. The molecule has 120 valence electrons. The first-order chi connectivity index (χ1) is 10.7. The maximum atomic E-state index is 11.9. The van der Waals surface area contributed by atoms with Crippen molar-refractivity contribution >= 4 is 5.91 Å². The number of carbonyl (C=O) groups excluding carboxylic acids is 1. The average molecular weight is 303 g/mol. The quantitative estimate of drug-likeness (QED) is 0.921. The zero-order valence-corrected chi connectivity index (χ0v) is 13.3. The summed E-state index contributed by atoms with van der Waals surface area (Å²) < 4.78 is 5.87. The van der Waals surface area contributed by atoms with Gasteiger partial charge in [-0.15, -0.1) is 0 Å². The van der Waals surface area contributed by atoms with E-state index in [2.05, 4.69) is 15.2 Å². The maximum Gasteiger partial charge on any atom is 0.237 e. The Kier molecular flexibility index (Phi) is 4.93. The summed E-state index contributed by atoms with van der Waals surface area (Å²) in [4.78, 5) is 18.6. The largest absolute Gasteiger partial charge is 0.477 e. The molecule has 2 saturated heterocycles. The van der Waals surface area contributed by atoms with E-state index in [9.17, 15) is 4.79 Å². The van der Waals surface area contributed by atoms with Gasteiger partial charge in [0.25, 0.3) is 0 Å². The van der Waals surface area contributed by atoms with Crippen LogP contribution in [0.3, 0.4) is 0 Å². The van der Waals surface area contributed by atoms with E-state index in [1.54, 1.807) is 6.20 Å². The van der Waals surface area contributed by atoms with Crippen molar-refractivity contribution in [2.24, 2.45) is 5.92 Å². The summed E-state index contributed by atoms with van der Waals surface area (Å²) >= 11 is 0. The Balaban J connectivity index is 1.46. The molecule has 0 radical (unpaired) electrons. The third kappa shape index (κ3) is 3.58. The number of aryl methyl sites for hydroxylation is 1. The fourth-order valence-electron chi connectivity index (χ4n) is 3.35. The van der Waals surface area contributed by atoms with Gasteiger partial charge in [-0.25, -0.2) is 4.98 Å². The van der Waals surface area contributed by atoms with Crippen LogP contribution in [-0.4, -0.2) is 48.1 Å². The number of likely N-dealkylation sites (tertiary alicyclic amines) is 1. The highest BCUT2D eigenvalue weighted by atomic mass is 16.5. The molecule has 2 fully saturated rings. The molecule has 0 spiro atoms. The van der Waals surface area contributed by atoms with Gasteiger partial charge in [-0.05, 0) is 57.7 Å². The second-order valence-electron chi connectivity index (χ2n) is 6.36. The molecule has 0 aromatic carbocycles. The second-order valence-corrected chi connectivity index (χ2v) is 6.36. The first-order valence-corrected chi connectivity index (χ1v) is 8.30. The van der Waals surface area contributed by atoms with Gasteiger partial charge < -0.3 is 10.1 Å². The molecule has 3 rings (SSSR count). The first kappa shape index (κ1) is 15.3. The lowest BCUT2D eigenvalue weighted by molar-refractivity contribution is -0.128. The van der Waals surface area contributed by atoms with Crippen LogP contribution in [0.1, 0.15) is 31.2 Å². The standard InChI is InChI=1S/C17H25N3O2/c1-13-4-2-9-19-17(13)22-12-14-6-10-20(11-7-14)15-5-3-8-18-16(15)21/h2,4,9,14-15H,3,5-8,10-12H2,1H3,(H,18,21). The molecule has 3 heterocycles. The Labute approximate surface area is 132 Å². The van der Waals surface area contributed by atoms with Gasteiger partial charge in [0.05, 0.1) is 12.6 Å². The number of hydrogen-bond donors (Lipinski definition) is 1. The van der Waals surface area contributed by atoms with Gasteiger partial charge in [-0.1, -0.05) is 6.07 Å². The lowest BCUT2D eigenvalue weighted by Crippen LogP contribution is -2.52. The van der Waals surface area contributed by atoms with Gasteiger partial charge in [-0.2, -0.15) is 0 Å². The van der Waals surface area contributed by atoms with Crippen LogP contribution in [0.4, 0.5) is 0 Å². The summed E-state index contributed by atoms with van der Waals surface area (Å²) in [5, 5.41) is 2.98. The third-order valence-electron chi connectivity index (χ3n) is 4.76. The van der Waals surface area contributed by atoms with Crippen molar-refractivity contribution in [2.45, 2.75) is 38.6 Å². The van der Waals surface area contributed by atoms with Gasteiger partial charge in [0.15, 0.2) is 0 Å². The molecule has 1 atom stereocenters. The minimum atomic E-state index is 0.0913. The van der Waals surface area contributed by atoms with E-state index in [4.69, 9.17) is 4.74 Å². The number of rotatable bonds is 4. The second kappa shape index (κ2) is 7.09. The van der Waals surface area contributed by atoms with Crippen LogP contribution in [0.15, 0.2) is 18.3 Å². The number of carbonyl (C=O) groups is 1. The molecule has 0 aliphatic carbocycles. The molecule has 5 heteroatoms. The number of nitrogens with one attached hydrogen (secondary N) is 1. The molecule has 0 saturated carbocycles. The predicted octanol–water partition coefficient (Wildman–Crippen LogP) is 1.76. The van der Waals surface area contributed by atoms with E-state index in [0.29, 0.717) is 5.92 Å². The van der Waals surface area contributed by atoms with Crippen LogP contribution < -0.4 is 10.1 Å². The van der Waals surface area contributed by atoms with E-state index in [1.165, 1.54) is 0 Å². The highest BCUT2D eigenvalue weighted by Crippen LogP contribution is 2.23. The van der Waals surface area contributed by atoms with Crippen molar-refractivity contribution in [1.82, 2.24) is 15.2 Å². The lowest BCUT2D eigenvalue weighted by atomic mass is 9.94. The summed E-state index contributed by atoms with van der Waals surface area (Å²) in [5.74, 6) is 1.52. The number of pyridine rings is 1. The molecule has 5 nitrogen and oxygen atoms in total. The fourth-order valence-corrected chi connectivity index (χ4v) is 3.35. The van der Waals surface area contributed by atoms with Gasteiger partial charge in [0.2, 0.25) is 11.8 Å². The van der Waals surface area contributed by atoms with Crippen LogP contribution in [0.5, 0.6) is 5.88 Å². The lowest BCUT2D eigenvalue weighted by Gasteiger charge is -2.38. The SMILES string of the molecule is Cc1cccnc1OCC1CCN(C2CCCNC2=O)CC1. The van der Waals surface area contributed by atoms with E-state index >= 15 is 0 Å². The Hall–Kier alpha value is -1.62. The normalized spacial score (nSPS) is 24.0. The van der Waals surface area contributed by atoms with Crippen molar-refractivity contribution in [3.8, 4) is 5.88 Å². The van der Waals surface area contributed by atoms with Crippen LogP contribution >= 0.6 is 0 Å². The summed E-state index contributed by atoms with van der Waals surface area (Å²) in [6.07, 6.45) is 6.05. The molecule has 2 aliphatic rings. The topological polar surface area (TPSA) is 54.5 Å². The molecule has 1 unspecified atom stereocenters. The molecule has 1 aromatic rings. The fraction of sp³-hybridized carbons (Fsp3) is 0.647. The molecule has 1 aromatic heterocycles. The number of piperidine rings is 2. The van der Waals surface area contributed by atoms with E-state index in [0.717, 1.165) is 63.4 Å². The Bertz CT molecular complexity index is 512. The van der Waals surface area contributed by atoms with Crippen LogP contribution in [0, 0.1) is 12.8 Å². The van der Waals surface area contributed by atoms with Crippen molar-refractivity contribution in [1.29, 1.82) is 0 Å². The van der Waals surface area contributed by atoms with E-state index in [-0.39, 0.29) is 11.9 Å². The van der Waals surface area contributed by atoms with Gasteiger partial charge >= 0.3 is 0 Å². The zero-order chi connectivity index (χ0) is 15.4. The van der Waals surface area contributed by atoms with Crippen molar-refractivity contribution in [3.05, 3.63) is 23.9 Å². The number of ether oxygens (including phenoxy) is 1. The van der Waals surface area contributed by atoms with Crippen LogP contribution in [0.2, 0.25) is 0 Å². The molecule has 1 N–H and O–H groups in total. The minimum absolute atomic E-state index is 0.0913. The number of hydrogen-bond acceptors (Lipinski definition) is 4. The monoisotopic (exact) mass is 303 g/mol. The number of nitrogens with zero attached hydrogens (tertiary/aromatic N) is 2. The number of amides is 1. The van der Waals surface area contributed by atoms with Crippen LogP contribution in [-0.2, 0) is 4.79 Å². The first-order valence-electron chi connectivity index (χ1n) is 8.30. The Morgan fingerprint density at radius 2 is 2.18 bits per heavy atom. The van der Waals surface area contributed by atoms with Gasteiger partial charge in [-0.3, -0.25) is 9.69 Å². The zero-order valence-electron chi connectivity index (χ0n) is 13.3. The maximum absolute atomic E-state index is 11.9. The molecule has 0 bridgehead atoms. The average Bonchev–Trinajstić information content (AvgIpc) is 2.55. The Morgan fingerprint density at radius 3 is 2.91 bits per heavy atom. The van der Waals surface area contributed by atoms with Crippen LogP contribution in [0.25, 0.3) is 0 Å². The minimum Gasteiger partial charge on any atom is -0.477 e. The Morgan fingerprint density at radius 1 is 1.36 bits per heavy atom. The molecular formula is C17H25N3O2. The molecular weight excluding hydrogens is 278 g/mol. The number of aromatic nitrogens is 1. The molecule has 2 aliphatic heterocycles. The summed E-state index contributed by atoms with van der Waals surface area (Å²) in [6, 6.07) is 4.04. The highest BCUT2D eigenvalue weighted by Gasteiger charge is 2.31. The van der Waals surface area contributed by atoms with Gasteiger partial charge in [0, 0.05) is 18.3 Å². The summed E-state index contributed by atoms with van der Waals surface area (Å²) in [5.41, 5.74) is 1.08. The van der Waals surface area contributed by atoms with Crippen molar-refractivity contribution in [3.63, 3.8) is 0 Å². The van der Waals surface area contributed by atoms with Gasteiger partial charge in [0.1, 0.15) is 0 Å². The van der Waals surface area contributed by atoms with E-state index in [1.807, 2.05) is 19.1 Å².